The Hall–Kier alpha value is -0.0900. The van der Waals surface area contributed by atoms with Gasteiger partial charge < -0.3 is 5.73 Å². The third kappa shape index (κ3) is 4.45. The molecule has 0 spiro atoms. The van der Waals surface area contributed by atoms with E-state index in [1.54, 1.807) is 0 Å². The molecule has 0 amide bonds. The standard InChI is InChI=1S/C15H26N2S.ClH/c1-11(16)12-7-8-17(9-12)10-13-5-6-14(18-13)15(2,3)4;/h5-6,11-12H,7-10,16H2,1-4H3;1H. The highest BCUT2D eigenvalue weighted by Gasteiger charge is 2.25. The number of rotatable bonds is 3. The van der Waals surface area contributed by atoms with Crippen molar-refractivity contribution in [2.75, 3.05) is 13.1 Å². The molecule has 0 aromatic carbocycles. The zero-order chi connectivity index (χ0) is 13.3. The summed E-state index contributed by atoms with van der Waals surface area (Å²) in [5.74, 6) is 0.687. The van der Waals surface area contributed by atoms with Crippen LogP contribution in [0.1, 0.15) is 43.9 Å². The fourth-order valence-corrected chi connectivity index (χ4v) is 3.63. The van der Waals surface area contributed by atoms with Gasteiger partial charge in [-0.05, 0) is 43.4 Å². The first-order valence-corrected chi connectivity index (χ1v) is 7.75. The SMILES string of the molecule is CC(N)C1CCN(Cc2ccc(C(C)(C)C)s2)C1.Cl. The molecule has 1 saturated heterocycles. The summed E-state index contributed by atoms with van der Waals surface area (Å²) < 4.78 is 0. The predicted molar refractivity (Wildman–Crippen MR) is 87.3 cm³/mol. The molecule has 19 heavy (non-hydrogen) atoms. The molecular weight excluding hydrogens is 276 g/mol. The van der Waals surface area contributed by atoms with Crippen LogP contribution in [0.25, 0.3) is 0 Å². The van der Waals surface area contributed by atoms with E-state index in [1.165, 1.54) is 29.3 Å². The number of likely N-dealkylation sites (tertiary alicyclic amines) is 1. The fraction of sp³-hybridized carbons (Fsp3) is 0.733. The summed E-state index contributed by atoms with van der Waals surface area (Å²) in [4.78, 5) is 5.53. The maximum atomic E-state index is 5.99. The summed E-state index contributed by atoms with van der Waals surface area (Å²) in [6.45, 7) is 12.5. The molecule has 2 nitrogen and oxygen atoms in total. The van der Waals surface area contributed by atoms with Crippen molar-refractivity contribution >= 4 is 23.7 Å². The van der Waals surface area contributed by atoms with E-state index in [-0.39, 0.29) is 17.8 Å². The van der Waals surface area contributed by atoms with Crippen LogP contribution in [0, 0.1) is 5.92 Å². The monoisotopic (exact) mass is 302 g/mol. The van der Waals surface area contributed by atoms with Crippen LogP contribution in [0.4, 0.5) is 0 Å². The van der Waals surface area contributed by atoms with Gasteiger partial charge in [0.2, 0.25) is 0 Å². The number of thiophene rings is 1. The Labute approximate surface area is 127 Å². The second-order valence-corrected chi connectivity index (χ2v) is 7.83. The van der Waals surface area contributed by atoms with Gasteiger partial charge in [-0.25, -0.2) is 0 Å². The van der Waals surface area contributed by atoms with Gasteiger partial charge in [0.15, 0.2) is 0 Å². The normalized spacial score (nSPS) is 22.3. The van der Waals surface area contributed by atoms with Gasteiger partial charge in [-0.1, -0.05) is 20.8 Å². The lowest BCUT2D eigenvalue weighted by Crippen LogP contribution is -2.29. The van der Waals surface area contributed by atoms with Gasteiger partial charge in [0.25, 0.3) is 0 Å². The number of nitrogens with zero attached hydrogens (tertiary/aromatic N) is 1. The highest BCUT2D eigenvalue weighted by Crippen LogP contribution is 2.31. The van der Waals surface area contributed by atoms with Crippen LogP contribution >= 0.6 is 23.7 Å². The zero-order valence-electron chi connectivity index (χ0n) is 12.5. The lowest BCUT2D eigenvalue weighted by molar-refractivity contribution is 0.311. The van der Waals surface area contributed by atoms with Crippen LogP contribution in [0.2, 0.25) is 0 Å². The number of halogens is 1. The van der Waals surface area contributed by atoms with Crippen molar-refractivity contribution < 1.29 is 0 Å². The summed E-state index contributed by atoms with van der Waals surface area (Å²) in [7, 11) is 0. The van der Waals surface area contributed by atoms with Gasteiger partial charge >= 0.3 is 0 Å². The Kier molecular flexibility index (Phi) is 5.87. The second kappa shape index (κ2) is 6.57. The first kappa shape index (κ1) is 17.0. The van der Waals surface area contributed by atoms with Gasteiger partial charge in [0.05, 0.1) is 0 Å². The predicted octanol–water partition coefficient (Wildman–Crippen LogP) is 3.64. The van der Waals surface area contributed by atoms with Crippen LogP contribution in [0.5, 0.6) is 0 Å². The molecule has 2 rings (SSSR count). The maximum Gasteiger partial charge on any atom is 0.0328 e. The van der Waals surface area contributed by atoms with E-state index in [0.29, 0.717) is 12.0 Å². The molecule has 1 aromatic rings. The largest absolute Gasteiger partial charge is 0.328 e. The lowest BCUT2D eigenvalue weighted by atomic mass is 9.95. The van der Waals surface area contributed by atoms with E-state index in [9.17, 15) is 0 Å². The highest BCUT2D eigenvalue weighted by atomic mass is 35.5. The van der Waals surface area contributed by atoms with Crippen LogP contribution in [-0.2, 0) is 12.0 Å². The number of hydrogen-bond acceptors (Lipinski definition) is 3. The molecule has 2 atom stereocenters. The van der Waals surface area contributed by atoms with E-state index in [1.807, 2.05) is 11.3 Å². The van der Waals surface area contributed by atoms with Gasteiger partial charge in [-0.3, -0.25) is 4.90 Å². The molecule has 0 aliphatic carbocycles. The first-order chi connectivity index (χ1) is 8.36. The quantitative estimate of drug-likeness (QED) is 0.924. The maximum absolute atomic E-state index is 5.99. The van der Waals surface area contributed by atoms with Gasteiger partial charge in [-0.2, -0.15) is 0 Å². The first-order valence-electron chi connectivity index (χ1n) is 6.93. The van der Waals surface area contributed by atoms with Gasteiger partial charge in [0.1, 0.15) is 0 Å². The van der Waals surface area contributed by atoms with E-state index < -0.39 is 0 Å². The van der Waals surface area contributed by atoms with Crippen molar-refractivity contribution in [3.05, 3.63) is 21.9 Å². The smallest absolute Gasteiger partial charge is 0.0328 e. The molecule has 110 valence electrons. The van der Waals surface area contributed by atoms with Crippen molar-refractivity contribution in [3.63, 3.8) is 0 Å². The molecule has 4 heteroatoms. The van der Waals surface area contributed by atoms with Crippen molar-refractivity contribution in [2.24, 2.45) is 11.7 Å². The van der Waals surface area contributed by atoms with Crippen molar-refractivity contribution in [1.82, 2.24) is 4.90 Å². The third-order valence-electron chi connectivity index (χ3n) is 3.83. The average molecular weight is 303 g/mol. The van der Waals surface area contributed by atoms with E-state index in [2.05, 4.69) is 44.7 Å². The molecule has 1 aliphatic rings. The van der Waals surface area contributed by atoms with Gasteiger partial charge in [0, 0.05) is 28.9 Å². The molecule has 0 radical (unpaired) electrons. The molecule has 0 saturated carbocycles. The minimum atomic E-state index is 0. The summed E-state index contributed by atoms with van der Waals surface area (Å²) in [6.07, 6.45) is 1.26. The fourth-order valence-electron chi connectivity index (χ4n) is 2.52. The molecule has 1 aliphatic heterocycles. The second-order valence-electron chi connectivity index (χ2n) is 6.66. The Morgan fingerprint density at radius 1 is 1.42 bits per heavy atom. The summed E-state index contributed by atoms with van der Waals surface area (Å²) >= 11 is 1.96. The molecule has 2 heterocycles. The molecule has 0 bridgehead atoms. The van der Waals surface area contributed by atoms with Crippen LogP contribution in [-0.4, -0.2) is 24.0 Å². The molecule has 1 fully saturated rings. The van der Waals surface area contributed by atoms with Crippen LogP contribution in [0.15, 0.2) is 12.1 Å². The van der Waals surface area contributed by atoms with Crippen molar-refractivity contribution in [2.45, 2.75) is 52.1 Å². The minimum Gasteiger partial charge on any atom is -0.328 e. The zero-order valence-corrected chi connectivity index (χ0v) is 14.1. The highest BCUT2D eigenvalue weighted by molar-refractivity contribution is 7.12. The average Bonchev–Trinajstić information content (AvgIpc) is 2.85. The number of nitrogens with two attached hydrogens (primary N) is 1. The summed E-state index contributed by atoms with van der Waals surface area (Å²) in [6, 6.07) is 4.92. The van der Waals surface area contributed by atoms with Gasteiger partial charge in [-0.15, -0.1) is 23.7 Å². The Bertz CT molecular complexity index is 395. The topological polar surface area (TPSA) is 29.3 Å². The Morgan fingerprint density at radius 2 is 2.11 bits per heavy atom. The molecule has 2 unspecified atom stereocenters. The van der Waals surface area contributed by atoms with Crippen LogP contribution < -0.4 is 5.73 Å². The number of hydrogen-bond donors (Lipinski definition) is 1. The van der Waals surface area contributed by atoms with E-state index >= 15 is 0 Å². The molecule has 1 aromatic heterocycles. The van der Waals surface area contributed by atoms with Crippen LogP contribution in [0.3, 0.4) is 0 Å². The Balaban J connectivity index is 0.00000180. The van der Waals surface area contributed by atoms with Crippen molar-refractivity contribution in [3.8, 4) is 0 Å². The molecule has 2 N–H and O–H groups in total. The Morgan fingerprint density at radius 3 is 2.58 bits per heavy atom. The van der Waals surface area contributed by atoms with Crippen molar-refractivity contribution in [1.29, 1.82) is 0 Å². The summed E-state index contributed by atoms with van der Waals surface area (Å²) in [5.41, 5.74) is 6.27. The van der Waals surface area contributed by atoms with E-state index in [4.69, 9.17) is 5.73 Å². The lowest BCUT2D eigenvalue weighted by Gasteiger charge is -2.17. The third-order valence-corrected chi connectivity index (χ3v) is 5.33. The molecular formula is C15H27ClN2S. The minimum absolute atomic E-state index is 0. The van der Waals surface area contributed by atoms with E-state index in [0.717, 1.165) is 6.54 Å². The summed E-state index contributed by atoms with van der Waals surface area (Å²) in [5, 5.41) is 0.